The van der Waals surface area contributed by atoms with Crippen LogP contribution in [0.1, 0.15) is 77.6 Å². The number of ether oxygens (including phenoxy) is 2. The molecule has 0 saturated carbocycles. The highest BCUT2D eigenvalue weighted by molar-refractivity contribution is 5.67. The van der Waals surface area contributed by atoms with Crippen molar-refractivity contribution >= 4 is 5.97 Å². The van der Waals surface area contributed by atoms with Crippen LogP contribution in [-0.2, 0) is 14.3 Å². The zero-order valence-corrected chi connectivity index (χ0v) is 13.2. The molecule has 0 aromatic rings. The van der Waals surface area contributed by atoms with Crippen LogP contribution in [0.25, 0.3) is 0 Å². The van der Waals surface area contributed by atoms with Gasteiger partial charge in [0.15, 0.2) is 0 Å². The first-order valence-corrected chi connectivity index (χ1v) is 8.03. The lowest BCUT2D eigenvalue weighted by atomic mass is 10.0. The third-order valence-corrected chi connectivity index (χ3v) is 3.45. The van der Waals surface area contributed by atoms with Gasteiger partial charge in [0.25, 0.3) is 0 Å². The Labute approximate surface area is 123 Å². The van der Waals surface area contributed by atoms with Crippen LogP contribution in [0.3, 0.4) is 0 Å². The van der Waals surface area contributed by atoms with Gasteiger partial charge in [0, 0.05) is 7.11 Å². The molecule has 0 heterocycles. The van der Waals surface area contributed by atoms with Crippen molar-refractivity contribution in [2.75, 3.05) is 13.9 Å². The van der Waals surface area contributed by atoms with E-state index in [1.54, 1.807) is 7.11 Å². The summed E-state index contributed by atoms with van der Waals surface area (Å²) < 4.78 is 10.2. The normalized spacial score (nSPS) is 12.5. The lowest BCUT2D eigenvalue weighted by Gasteiger charge is -2.15. The largest absolute Gasteiger partial charge is 0.481 e. The predicted molar refractivity (Wildman–Crippen MR) is 80.8 cm³/mol. The van der Waals surface area contributed by atoms with Gasteiger partial charge >= 0.3 is 5.97 Å². The Morgan fingerprint density at radius 3 is 2.05 bits per heavy atom. The van der Waals surface area contributed by atoms with E-state index in [0.717, 1.165) is 12.8 Å². The molecule has 0 rings (SSSR count). The van der Waals surface area contributed by atoms with Crippen LogP contribution in [-0.4, -0.2) is 31.1 Å². The maximum absolute atomic E-state index is 10.7. The lowest BCUT2D eigenvalue weighted by molar-refractivity contribution is -0.143. The molecule has 120 valence electrons. The average Bonchev–Trinajstić information content (AvgIpc) is 2.42. The zero-order valence-electron chi connectivity index (χ0n) is 13.2. The van der Waals surface area contributed by atoms with Crippen molar-refractivity contribution in [2.45, 2.75) is 83.7 Å². The van der Waals surface area contributed by atoms with Gasteiger partial charge in [0.2, 0.25) is 0 Å². The van der Waals surface area contributed by atoms with Crippen LogP contribution >= 0.6 is 0 Å². The van der Waals surface area contributed by atoms with Gasteiger partial charge in [-0.2, -0.15) is 0 Å². The van der Waals surface area contributed by atoms with Gasteiger partial charge < -0.3 is 14.6 Å². The Morgan fingerprint density at radius 2 is 1.55 bits per heavy atom. The summed E-state index contributed by atoms with van der Waals surface area (Å²) in [6, 6.07) is 0. The number of carboxylic acids is 1. The predicted octanol–water partition coefficient (Wildman–Crippen LogP) is 4.37. The molecular weight excluding hydrogens is 256 g/mol. The molecule has 4 nitrogen and oxygen atoms in total. The summed E-state index contributed by atoms with van der Waals surface area (Å²) >= 11 is 0. The minimum absolute atomic E-state index is 0.0698. The Kier molecular flexibility index (Phi) is 14.3. The Morgan fingerprint density at radius 1 is 1.00 bits per heavy atom. The fourth-order valence-electron chi connectivity index (χ4n) is 2.29. The van der Waals surface area contributed by atoms with Crippen molar-refractivity contribution in [3.63, 3.8) is 0 Å². The molecule has 0 radical (unpaired) electrons. The van der Waals surface area contributed by atoms with Gasteiger partial charge in [-0.05, 0) is 6.42 Å². The maximum atomic E-state index is 10.7. The summed E-state index contributed by atoms with van der Waals surface area (Å²) in [5.74, 6) is -0.804. The number of methoxy groups -OCH3 is 1. The number of hydrogen-bond donors (Lipinski definition) is 1. The minimum Gasteiger partial charge on any atom is -0.481 e. The molecule has 0 aliphatic rings. The number of rotatable bonds is 15. The monoisotopic (exact) mass is 288 g/mol. The molecule has 0 bridgehead atoms. The van der Waals surface area contributed by atoms with Gasteiger partial charge in [-0.25, -0.2) is 0 Å². The fraction of sp³-hybridized carbons (Fsp3) is 0.938. The summed E-state index contributed by atoms with van der Waals surface area (Å²) in [4.78, 5) is 10.7. The molecule has 0 aliphatic carbocycles. The molecule has 4 heteroatoms. The van der Waals surface area contributed by atoms with Crippen LogP contribution in [0.5, 0.6) is 0 Å². The van der Waals surface area contributed by atoms with Crippen molar-refractivity contribution in [3.8, 4) is 0 Å². The number of unbranched alkanes of at least 4 members (excludes halogenated alkanes) is 8. The summed E-state index contributed by atoms with van der Waals surface area (Å²) in [6.45, 7) is 2.41. The highest BCUT2D eigenvalue weighted by Crippen LogP contribution is 2.14. The van der Waals surface area contributed by atoms with Gasteiger partial charge in [0.1, 0.15) is 6.79 Å². The molecule has 0 aliphatic heterocycles. The van der Waals surface area contributed by atoms with Crippen molar-refractivity contribution in [2.24, 2.45) is 0 Å². The highest BCUT2D eigenvalue weighted by atomic mass is 16.7. The first-order valence-electron chi connectivity index (χ1n) is 8.03. The molecule has 0 spiro atoms. The van der Waals surface area contributed by atoms with Crippen molar-refractivity contribution < 1.29 is 19.4 Å². The van der Waals surface area contributed by atoms with E-state index in [0.29, 0.717) is 0 Å². The molecule has 0 saturated heterocycles. The van der Waals surface area contributed by atoms with E-state index in [-0.39, 0.29) is 19.3 Å². The Hall–Kier alpha value is -0.610. The standard InChI is InChI=1S/C16H32O4/c1-3-4-5-6-7-8-9-10-11-12-15(13-16(17)18)20-14-19-2/h15H,3-14H2,1-2H3,(H,17,18)/t15-/m1/s1. The van der Waals surface area contributed by atoms with Crippen LogP contribution in [0.4, 0.5) is 0 Å². The van der Waals surface area contributed by atoms with E-state index in [1.807, 2.05) is 0 Å². The summed E-state index contributed by atoms with van der Waals surface area (Å²) in [5, 5.41) is 8.81. The summed E-state index contributed by atoms with van der Waals surface area (Å²) in [5.41, 5.74) is 0. The summed E-state index contributed by atoms with van der Waals surface area (Å²) in [7, 11) is 1.55. The second-order valence-corrected chi connectivity index (χ2v) is 5.41. The molecule has 0 aromatic carbocycles. The molecule has 0 amide bonds. The van der Waals surface area contributed by atoms with Crippen LogP contribution < -0.4 is 0 Å². The number of aliphatic carboxylic acids is 1. The molecule has 1 atom stereocenters. The molecule has 0 fully saturated rings. The number of carbonyl (C=O) groups is 1. The maximum Gasteiger partial charge on any atom is 0.305 e. The molecular formula is C16H32O4. The highest BCUT2D eigenvalue weighted by Gasteiger charge is 2.13. The first kappa shape index (κ1) is 19.4. The van der Waals surface area contributed by atoms with Gasteiger partial charge in [-0.3, -0.25) is 4.79 Å². The minimum atomic E-state index is -0.804. The van der Waals surface area contributed by atoms with Crippen molar-refractivity contribution in [1.82, 2.24) is 0 Å². The lowest BCUT2D eigenvalue weighted by Crippen LogP contribution is -2.18. The number of hydrogen-bond acceptors (Lipinski definition) is 3. The van der Waals surface area contributed by atoms with E-state index < -0.39 is 5.97 Å². The Balaban J connectivity index is 3.45. The second-order valence-electron chi connectivity index (χ2n) is 5.41. The van der Waals surface area contributed by atoms with E-state index in [1.165, 1.54) is 51.4 Å². The summed E-state index contributed by atoms with van der Waals surface area (Å²) in [6.07, 6.45) is 12.1. The van der Waals surface area contributed by atoms with E-state index in [9.17, 15) is 4.79 Å². The molecule has 1 N–H and O–H groups in total. The Bertz CT molecular complexity index is 219. The van der Waals surface area contributed by atoms with Gasteiger partial charge in [-0.1, -0.05) is 64.7 Å². The third-order valence-electron chi connectivity index (χ3n) is 3.45. The zero-order chi connectivity index (χ0) is 15.1. The average molecular weight is 288 g/mol. The third kappa shape index (κ3) is 13.8. The number of carboxylic acid groups (broad SMARTS) is 1. The van der Waals surface area contributed by atoms with Gasteiger partial charge in [-0.15, -0.1) is 0 Å². The molecule has 20 heavy (non-hydrogen) atoms. The van der Waals surface area contributed by atoms with Crippen LogP contribution in [0.2, 0.25) is 0 Å². The SMILES string of the molecule is CCCCCCCCCCC[C@H](CC(=O)O)OCOC. The second kappa shape index (κ2) is 14.8. The van der Waals surface area contributed by atoms with Crippen molar-refractivity contribution in [3.05, 3.63) is 0 Å². The molecule has 0 aromatic heterocycles. The van der Waals surface area contributed by atoms with E-state index >= 15 is 0 Å². The van der Waals surface area contributed by atoms with Crippen LogP contribution in [0.15, 0.2) is 0 Å². The van der Waals surface area contributed by atoms with E-state index in [2.05, 4.69) is 6.92 Å². The van der Waals surface area contributed by atoms with Gasteiger partial charge in [0.05, 0.1) is 12.5 Å². The quantitative estimate of drug-likeness (QED) is 0.359. The topological polar surface area (TPSA) is 55.8 Å². The smallest absolute Gasteiger partial charge is 0.305 e. The van der Waals surface area contributed by atoms with Crippen LogP contribution in [0, 0.1) is 0 Å². The molecule has 0 unspecified atom stereocenters. The van der Waals surface area contributed by atoms with Crippen molar-refractivity contribution in [1.29, 1.82) is 0 Å². The first-order chi connectivity index (χ1) is 9.70. The van der Waals surface area contributed by atoms with E-state index in [4.69, 9.17) is 14.6 Å². The fourth-order valence-corrected chi connectivity index (χ4v) is 2.29.